The second-order valence-electron chi connectivity index (χ2n) is 7.03. The molecule has 4 unspecified atom stereocenters. The highest BCUT2D eigenvalue weighted by Crippen LogP contribution is 2.41. The first-order valence-corrected chi connectivity index (χ1v) is 8.10. The maximum absolute atomic E-state index is 5.86. The number of nitrogens with one attached hydrogen (secondary N) is 1. The molecule has 0 aromatic carbocycles. The van der Waals surface area contributed by atoms with Crippen molar-refractivity contribution in [3.05, 3.63) is 0 Å². The average Bonchev–Trinajstić information content (AvgIpc) is 2.66. The van der Waals surface area contributed by atoms with E-state index in [-0.39, 0.29) is 0 Å². The molecule has 19 heavy (non-hydrogen) atoms. The van der Waals surface area contributed by atoms with Gasteiger partial charge in [-0.05, 0) is 38.1 Å². The van der Waals surface area contributed by atoms with Gasteiger partial charge in [0.25, 0.3) is 0 Å². The fraction of sp³-hybridized carbons (Fsp3) is 1.00. The van der Waals surface area contributed by atoms with Gasteiger partial charge in [-0.3, -0.25) is 4.90 Å². The van der Waals surface area contributed by atoms with Crippen LogP contribution < -0.4 is 5.32 Å². The molecular formula is C16H32N2O. The van der Waals surface area contributed by atoms with Crippen LogP contribution in [0.15, 0.2) is 0 Å². The Morgan fingerprint density at radius 2 is 2.05 bits per heavy atom. The minimum Gasteiger partial charge on any atom is -0.376 e. The monoisotopic (exact) mass is 268 g/mol. The molecule has 1 saturated heterocycles. The lowest BCUT2D eigenvalue weighted by Gasteiger charge is -2.45. The number of hydrogen-bond donors (Lipinski definition) is 1. The normalized spacial score (nSPS) is 39.6. The zero-order chi connectivity index (χ0) is 14.0. The first kappa shape index (κ1) is 15.3. The van der Waals surface area contributed by atoms with Gasteiger partial charge in [-0.15, -0.1) is 0 Å². The SMILES string of the molecule is CCNC1C(N2CC(C)OCC2CC)CCC1(C)C. The van der Waals surface area contributed by atoms with E-state index in [1.54, 1.807) is 0 Å². The Bertz CT molecular complexity index is 292. The summed E-state index contributed by atoms with van der Waals surface area (Å²) in [6, 6.07) is 1.92. The van der Waals surface area contributed by atoms with E-state index in [4.69, 9.17) is 4.74 Å². The van der Waals surface area contributed by atoms with Crippen molar-refractivity contribution in [1.29, 1.82) is 0 Å². The molecule has 4 atom stereocenters. The van der Waals surface area contributed by atoms with Crippen molar-refractivity contribution in [2.75, 3.05) is 19.7 Å². The van der Waals surface area contributed by atoms with Gasteiger partial charge in [-0.1, -0.05) is 27.7 Å². The molecule has 0 bridgehead atoms. The van der Waals surface area contributed by atoms with E-state index in [2.05, 4.69) is 44.8 Å². The van der Waals surface area contributed by atoms with E-state index in [0.717, 1.165) is 19.7 Å². The largest absolute Gasteiger partial charge is 0.376 e. The number of morpholine rings is 1. The Morgan fingerprint density at radius 3 is 2.68 bits per heavy atom. The first-order chi connectivity index (χ1) is 8.99. The highest BCUT2D eigenvalue weighted by Gasteiger charge is 2.46. The first-order valence-electron chi connectivity index (χ1n) is 8.10. The average molecular weight is 268 g/mol. The van der Waals surface area contributed by atoms with E-state index in [1.165, 1.54) is 19.3 Å². The van der Waals surface area contributed by atoms with Crippen LogP contribution in [-0.2, 0) is 4.74 Å². The van der Waals surface area contributed by atoms with E-state index in [0.29, 0.717) is 29.6 Å². The number of nitrogens with zero attached hydrogens (tertiary/aromatic N) is 1. The molecule has 112 valence electrons. The third kappa shape index (κ3) is 3.14. The molecule has 1 saturated carbocycles. The molecule has 0 aromatic heterocycles. The molecule has 2 aliphatic rings. The van der Waals surface area contributed by atoms with Crippen molar-refractivity contribution >= 4 is 0 Å². The molecule has 2 rings (SSSR count). The fourth-order valence-electron chi connectivity index (χ4n) is 3.98. The van der Waals surface area contributed by atoms with Crippen LogP contribution in [0.3, 0.4) is 0 Å². The molecule has 1 aliphatic heterocycles. The number of hydrogen-bond acceptors (Lipinski definition) is 3. The number of likely N-dealkylation sites (N-methyl/N-ethyl adjacent to an activating group) is 1. The van der Waals surface area contributed by atoms with Gasteiger partial charge in [-0.25, -0.2) is 0 Å². The minimum absolute atomic E-state index is 0.383. The molecule has 0 aromatic rings. The molecular weight excluding hydrogens is 236 g/mol. The molecule has 2 fully saturated rings. The predicted octanol–water partition coefficient (Wildman–Crippen LogP) is 2.65. The van der Waals surface area contributed by atoms with E-state index in [9.17, 15) is 0 Å². The van der Waals surface area contributed by atoms with Crippen LogP contribution >= 0.6 is 0 Å². The topological polar surface area (TPSA) is 24.5 Å². The standard InChI is InChI=1S/C16H32N2O/c1-6-13-11-19-12(3)10-18(13)14-8-9-16(4,5)15(14)17-7-2/h12-15,17H,6-11H2,1-5H3. The Hall–Kier alpha value is -0.120. The summed E-state index contributed by atoms with van der Waals surface area (Å²) in [5.41, 5.74) is 0.417. The lowest BCUT2D eigenvalue weighted by atomic mass is 9.86. The van der Waals surface area contributed by atoms with Crippen molar-refractivity contribution in [2.45, 2.75) is 78.1 Å². The van der Waals surface area contributed by atoms with Crippen LogP contribution in [0.25, 0.3) is 0 Å². The number of rotatable bonds is 4. The molecule has 3 heteroatoms. The van der Waals surface area contributed by atoms with Crippen LogP contribution in [0.2, 0.25) is 0 Å². The molecule has 0 radical (unpaired) electrons. The maximum Gasteiger partial charge on any atom is 0.0674 e. The quantitative estimate of drug-likeness (QED) is 0.848. The Morgan fingerprint density at radius 1 is 1.32 bits per heavy atom. The van der Waals surface area contributed by atoms with Gasteiger partial charge in [0, 0.05) is 24.7 Å². The van der Waals surface area contributed by atoms with Crippen LogP contribution in [0.5, 0.6) is 0 Å². The lowest BCUT2D eigenvalue weighted by Crippen LogP contribution is -2.59. The van der Waals surface area contributed by atoms with Crippen LogP contribution in [0, 0.1) is 5.41 Å². The summed E-state index contributed by atoms with van der Waals surface area (Å²) in [6.45, 7) is 14.7. The van der Waals surface area contributed by atoms with Crippen LogP contribution in [0.4, 0.5) is 0 Å². The molecule has 1 N–H and O–H groups in total. The zero-order valence-corrected chi connectivity index (χ0v) is 13.4. The summed E-state index contributed by atoms with van der Waals surface area (Å²) in [6.07, 6.45) is 4.24. The second-order valence-corrected chi connectivity index (χ2v) is 7.03. The minimum atomic E-state index is 0.383. The predicted molar refractivity (Wildman–Crippen MR) is 80.5 cm³/mol. The summed E-state index contributed by atoms with van der Waals surface area (Å²) in [5, 5.41) is 3.76. The van der Waals surface area contributed by atoms with Gasteiger partial charge in [0.15, 0.2) is 0 Å². The van der Waals surface area contributed by atoms with Gasteiger partial charge >= 0.3 is 0 Å². The molecule has 0 spiro atoms. The molecule has 1 aliphatic carbocycles. The van der Waals surface area contributed by atoms with Gasteiger partial charge < -0.3 is 10.1 Å². The maximum atomic E-state index is 5.86. The second kappa shape index (κ2) is 6.11. The Balaban J connectivity index is 2.13. The zero-order valence-electron chi connectivity index (χ0n) is 13.4. The van der Waals surface area contributed by atoms with Gasteiger partial charge in [0.1, 0.15) is 0 Å². The van der Waals surface area contributed by atoms with Crippen LogP contribution in [0.1, 0.15) is 53.9 Å². The smallest absolute Gasteiger partial charge is 0.0674 e. The van der Waals surface area contributed by atoms with Crippen molar-refractivity contribution < 1.29 is 4.74 Å². The van der Waals surface area contributed by atoms with Gasteiger partial charge in [0.2, 0.25) is 0 Å². The fourth-order valence-corrected chi connectivity index (χ4v) is 3.98. The highest BCUT2D eigenvalue weighted by molar-refractivity contribution is 5.02. The molecule has 3 nitrogen and oxygen atoms in total. The third-order valence-corrected chi connectivity index (χ3v) is 5.14. The lowest BCUT2D eigenvalue weighted by molar-refractivity contribution is -0.0770. The summed E-state index contributed by atoms with van der Waals surface area (Å²) in [4.78, 5) is 2.75. The van der Waals surface area contributed by atoms with E-state index in [1.807, 2.05) is 0 Å². The molecule has 0 amide bonds. The van der Waals surface area contributed by atoms with Crippen molar-refractivity contribution in [1.82, 2.24) is 10.2 Å². The summed E-state index contributed by atoms with van der Waals surface area (Å²) in [7, 11) is 0. The van der Waals surface area contributed by atoms with Gasteiger partial charge in [-0.2, -0.15) is 0 Å². The van der Waals surface area contributed by atoms with E-state index >= 15 is 0 Å². The molecule has 1 heterocycles. The highest BCUT2D eigenvalue weighted by atomic mass is 16.5. The third-order valence-electron chi connectivity index (χ3n) is 5.14. The van der Waals surface area contributed by atoms with Crippen molar-refractivity contribution in [3.63, 3.8) is 0 Å². The Labute approximate surface area is 119 Å². The summed E-state index contributed by atoms with van der Waals surface area (Å²) < 4.78 is 5.86. The summed E-state index contributed by atoms with van der Waals surface area (Å²) in [5.74, 6) is 0. The van der Waals surface area contributed by atoms with Crippen molar-refractivity contribution in [3.8, 4) is 0 Å². The van der Waals surface area contributed by atoms with E-state index < -0.39 is 0 Å². The number of ether oxygens (including phenoxy) is 1. The summed E-state index contributed by atoms with van der Waals surface area (Å²) >= 11 is 0. The Kier molecular flexibility index (Phi) is 4.91. The van der Waals surface area contributed by atoms with Crippen LogP contribution in [-0.4, -0.2) is 48.8 Å². The van der Waals surface area contributed by atoms with Gasteiger partial charge in [0.05, 0.1) is 12.7 Å². The van der Waals surface area contributed by atoms with Crippen molar-refractivity contribution in [2.24, 2.45) is 5.41 Å².